The van der Waals surface area contributed by atoms with Crippen LogP contribution in [0.3, 0.4) is 0 Å². The lowest BCUT2D eigenvalue weighted by Crippen LogP contribution is -2.24. The summed E-state index contributed by atoms with van der Waals surface area (Å²) < 4.78 is 0. The van der Waals surface area contributed by atoms with Crippen molar-refractivity contribution in [1.82, 2.24) is 5.32 Å². The van der Waals surface area contributed by atoms with Crippen LogP contribution in [0.5, 0.6) is 0 Å². The quantitative estimate of drug-likeness (QED) is 0.794. The highest BCUT2D eigenvalue weighted by Gasteiger charge is 2.13. The minimum absolute atomic E-state index is 0.363. The summed E-state index contributed by atoms with van der Waals surface area (Å²) in [6.45, 7) is 8.73. The van der Waals surface area contributed by atoms with E-state index in [-0.39, 0.29) is 0 Å². The van der Waals surface area contributed by atoms with E-state index in [1.54, 1.807) is 0 Å². The van der Waals surface area contributed by atoms with E-state index in [1.165, 1.54) is 22.3 Å². The first-order chi connectivity index (χ1) is 9.60. The Hall–Kier alpha value is -1.60. The highest BCUT2D eigenvalue weighted by molar-refractivity contribution is 5.26. The molecule has 0 spiro atoms. The van der Waals surface area contributed by atoms with Crippen molar-refractivity contribution in [2.75, 3.05) is 0 Å². The van der Waals surface area contributed by atoms with Crippen LogP contribution in [0.4, 0.5) is 0 Å². The van der Waals surface area contributed by atoms with E-state index in [9.17, 15) is 0 Å². The molecule has 1 N–H and O–H groups in total. The first kappa shape index (κ1) is 14.8. The van der Waals surface area contributed by atoms with Crippen molar-refractivity contribution in [3.05, 3.63) is 70.8 Å². The fraction of sp³-hybridized carbons (Fsp3) is 0.368. The molecule has 0 aliphatic carbocycles. The van der Waals surface area contributed by atoms with Crippen LogP contribution in [0.2, 0.25) is 0 Å². The monoisotopic (exact) mass is 267 g/mol. The molecule has 0 aliphatic rings. The van der Waals surface area contributed by atoms with Gasteiger partial charge in [0.05, 0.1) is 0 Å². The van der Waals surface area contributed by atoms with Crippen LogP contribution in [-0.4, -0.2) is 0 Å². The van der Waals surface area contributed by atoms with Crippen LogP contribution in [0.1, 0.15) is 54.6 Å². The van der Waals surface area contributed by atoms with E-state index in [0.717, 1.165) is 6.42 Å². The molecule has 20 heavy (non-hydrogen) atoms. The van der Waals surface area contributed by atoms with Gasteiger partial charge in [-0.05, 0) is 38.3 Å². The second-order valence-electron chi connectivity index (χ2n) is 5.67. The zero-order valence-corrected chi connectivity index (χ0v) is 13.0. The molecule has 1 nitrogen and oxygen atoms in total. The fourth-order valence-electron chi connectivity index (χ4n) is 2.50. The molecule has 0 amide bonds. The van der Waals surface area contributed by atoms with Gasteiger partial charge >= 0.3 is 0 Å². The molecule has 0 heterocycles. The van der Waals surface area contributed by atoms with E-state index in [2.05, 4.69) is 81.5 Å². The number of hydrogen-bond donors (Lipinski definition) is 1. The lowest BCUT2D eigenvalue weighted by Gasteiger charge is -2.23. The van der Waals surface area contributed by atoms with E-state index >= 15 is 0 Å². The maximum Gasteiger partial charge on any atom is 0.0323 e. The predicted molar refractivity (Wildman–Crippen MR) is 86.9 cm³/mol. The van der Waals surface area contributed by atoms with Crippen molar-refractivity contribution in [1.29, 1.82) is 0 Å². The molecule has 0 saturated carbocycles. The molecule has 0 radical (unpaired) electrons. The van der Waals surface area contributed by atoms with Gasteiger partial charge in [-0.2, -0.15) is 0 Å². The van der Waals surface area contributed by atoms with Gasteiger partial charge in [0, 0.05) is 12.1 Å². The van der Waals surface area contributed by atoms with E-state index in [1.807, 2.05) is 0 Å². The first-order valence-corrected chi connectivity index (χ1v) is 7.49. The Morgan fingerprint density at radius 2 is 1.25 bits per heavy atom. The summed E-state index contributed by atoms with van der Waals surface area (Å²) in [6, 6.07) is 18.4. The van der Waals surface area contributed by atoms with Crippen LogP contribution < -0.4 is 5.32 Å². The third-order valence-corrected chi connectivity index (χ3v) is 3.92. The molecule has 0 aliphatic heterocycles. The molecule has 2 rings (SSSR count). The molecule has 1 heteroatoms. The van der Waals surface area contributed by atoms with Crippen LogP contribution in [0, 0.1) is 13.8 Å². The highest BCUT2D eigenvalue weighted by atomic mass is 14.9. The zero-order chi connectivity index (χ0) is 14.5. The number of rotatable bonds is 5. The maximum atomic E-state index is 3.74. The average Bonchev–Trinajstić information content (AvgIpc) is 2.46. The van der Waals surface area contributed by atoms with Gasteiger partial charge in [-0.1, -0.05) is 66.6 Å². The molecule has 0 saturated heterocycles. The van der Waals surface area contributed by atoms with Crippen molar-refractivity contribution >= 4 is 0 Å². The second kappa shape index (κ2) is 6.71. The smallest absolute Gasteiger partial charge is 0.0323 e. The molecule has 2 aromatic carbocycles. The van der Waals surface area contributed by atoms with Gasteiger partial charge in [-0.3, -0.25) is 0 Å². The summed E-state index contributed by atoms with van der Waals surface area (Å²) in [5.74, 6) is 0. The number of nitrogens with one attached hydrogen (secondary N) is 1. The Labute approximate surface area is 123 Å². The average molecular weight is 267 g/mol. The first-order valence-electron chi connectivity index (χ1n) is 7.49. The van der Waals surface area contributed by atoms with Gasteiger partial charge < -0.3 is 5.32 Å². The summed E-state index contributed by atoms with van der Waals surface area (Å²) in [6.07, 6.45) is 1.10. The van der Waals surface area contributed by atoms with E-state index in [0.29, 0.717) is 12.1 Å². The maximum absolute atomic E-state index is 3.74. The SMILES string of the molecule is CCC(NC(C)c1ccc(C)cc1)c1ccc(C)cc1. The third kappa shape index (κ3) is 3.71. The molecule has 0 aromatic heterocycles. The number of benzene rings is 2. The van der Waals surface area contributed by atoms with Gasteiger partial charge in [-0.15, -0.1) is 0 Å². The highest BCUT2D eigenvalue weighted by Crippen LogP contribution is 2.22. The summed E-state index contributed by atoms with van der Waals surface area (Å²) in [7, 11) is 0. The van der Waals surface area contributed by atoms with Crippen LogP contribution in [-0.2, 0) is 0 Å². The Kier molecular flexibility index (Phi) is 4.97. The molecule has 2 atom stereocenters. The van der Waals surface area contributed by atoms with Gasteiger partial charge in [0.25, 0.3) is 0 Å². The molecular weight excluding hydrogens is 242 g/mol. The van der Waals surface area contributed by atoms with E-state index < -0.39 is 0 Å². The Morgan fingerprint density at radius 3 is 1.70 bits per heavy atom. The molecule has 106 valence electrons. The van der Waals surface area contributed by atoms with Crippen LogP contribution >= 0.6 is 0 Å². The molecular formula is C19H25N. The van der Waals surface area contributed by atoms with Crippen molar-refractivity contribution < 1.29 is 0 Å². The van der Waals surface area contributed by atoms with E-state index in [4.69, 9.17) is 0 Å². The van der Waals surface area contributed by atoms with Crippen LogP contribution in [0.25, 0.3) is 0 Å². The molecule has 0 bridgehead atoms. The lowest BCUT2D eigenvalue weighted by molar-refractivity contribution is 0.456. The number of hydrogen-bond acceptors (Lipinski definition) is 1. The fourth-order valence-corrected chi connectivity index (χ4v) is 2.50. The Balaban J connectivity index is 2.09. The van der Waals surface area contributed by atoms with Gasteiger partial charge in [-0.25, -0.2) is 0 Å². The Morgan fingerprint density at radius 1 is 0.800 bits per heavy atom. The minimum atomic E-state index is 0.363. The summed E-state index contributed by atoms with van der Waals surface area (Å²) >= 11 is 0. The van der Waals surface area contributed by atoms with Gasteiger partial charge in [0.2, 0.25) is 0 Å². The van der Waals surface area contributed by atoms with Crippen molar-refractivity contribution in [2.45, 2.75) is 46.2 Å². The molecule has 0 fully saturated rings. The van der Waals surface area contributed by atoms with Crippen molar-refractivity contribution in [3.8, 4) is 0 Å². The molecule has 2 aromatic rings. The third-order valence-electron chi connectivity index (χ3n) is 3.92. The van der Waals surface area contributed by atoms with Gasteiger partial charge in [0.15, 0.2) is 0 Å². The molecule has 2 unspecified atom stereocenters. The van der Waals surface area contributed by atoms with Crippen molar-refractivity contribution in [3.63, 3.8) is 0 Å². The summed E-state index contributed by atoms with van der Waals surface area (Å²) in [5.41, 5.74) is 5.35. The normalized spacial score (nSPS) is 14.0. The summed E-state index contributed by atoms with van der Waals surface area (Å²) in [4.78, 5) is 0. The Bertz CT molecular complexity index is 525. The topological polar surface area (TPSA) is 12.0 Å². The largest absolute Gasteiger partial charge is 0.303 e. The summed E-state index contributed by atoms with van der Waals surface area (Å²) in [5, 5.41) is 3.74. The van der Waals surface area contributed by atoms with Gasteiger partial charge in [0.1, 0.15) is 0 Å². The minimum Gasteiger partial charge on any atom is -0.303 e. The lowest BCUT2D eigenvalue weighted by atomic mass is 10.00. The second-order valence-corrected chi connectivity index (χ2v) is 5.67. The standard InChI is InChI=1S/C19H25N/c1-5-19(18-12-8-15(3)9-13-18)20-16(4)17-10-6-14(2)7-11-17/h6-13,16,19-20H,5H2,1-4H3. The predicted octanol–water partition coefficient (Wildman–Crippen LogP) is 5.11. The number of aryl methyl sites for hydroxylation is 2. The zero-order valence-electron chi connectivity index (χ0n) is 13.0. The van der Waals surface area contributed by atoms with Crippen molar-refractivity contribution in [2.24, 2.45) is 0 Å². The van der Waals surface area contributed by atoms with Crippen LogP contribution in [0.15, 0.2) is 48.5 Å².